The second-order valence-electron chi connectivity index (χ2n) is 8.54. The first kappa shape index (κ1) is 19.3. The summed E-state index contributed by atoms with van der Waals surface area (Å²) in [7, 11) is 0. The molecule has 0 saturated carbocycles. The molecule has 8 nitrogen and oxygen atoms in total. The number of fused-ring (bicyclic) bond motifs is 6. The van der Waals surface area contributed by atoms with Crippen LogP contribution in [0, 0.1) is 11.3 Å². The van der Waals surface area contributed by atoms with Gasteiger partial charge in [0.25, 0.3) is 5.91 Å². The van der Waals surface area contributed by atoms with E-state index in [2.05, 4.69) is 5.32 Å². The second-order valence-corrected chi connectivity index (χ2v) is 8.54. The maximum absolute atomic E-state index is 13.5. The first-order valence-corrected chi connectivity index (χ1v) is 10.8. The van der Waals surface area contributed by atoms with E-state index in [-0.39, 0.29) is 30.1 Å². The highest BCUT2D eigenvalue weighted by atomic mass is 16.2. The van der Waals surface area contributed by atoms with Gasteiger partial charge in [0.2, 0.25) is 0 Å². The quantitative estimate of drug-likeness (QED) is 0.620. The molecule has 2 unspecified atom stereocenters. The fourth-order valence-electron chi connectivity index (χ4n) is 5.34. The molecule has 3 aromatic carbocycles. The average Bonchev–Trinajstić information content (AvgIpc) is 3.51. The Balaban J connectivity index is 1.27. The van der Waals surface area contributed by atoms with Crippen molar-refractivity contribution in [2.75, 3.05) is 16.8 Å². The maximum atomic E-state index is 13.5. The van der Waals surface area contributed by atoms with Crippen LogP contribution in [0.3, 0.4) is 0 Å². The van der Waals surface area contributed by atoms with E-state index in [9.17, 15) is 14.4 Å². The predicted octanol–water partition coefficient (Wildman–Crippen LogP) is 3.54. The maximum Gasteiger partial charge on any atom is 0.332 e. The third-order valence-corrected chi connectivity index (χ3v) is 6.80. The van der Waals surface area contributed by atoms with Crippen molar-refractivity contribution >= 4 is 40.1 Å². The molecule has 1 N–H and O–H groups in total. The number of hydrogen-bond acceptors (Lipinski definition) is 4. The number of rotatable bonds is 2. The number of nitrogens with one attached hydrogen (secondary N) is 1. The number of urea groups is 2. The Bertz CT molecular complexity index is 1360. The molecule has 3 aliphatic rings. The summed E-state index contributed by atoms with van der Waals surface area (Å²) in [6, 6.07) is 20.0. The molecule has 0 aliphatic carbocycles. The van der Waals surface area contributed by atoms with Gasteiger partial charge in [-0.1, -0.05) is 36.4 Å². The zero-order chi connectivity index (χ0) is 22.7. The molecular formula is C25H19N5O3. The molecule has 3 aromatic rings. The number of nitrogens with zero attached hydrogens (tertiary/aromatic N) is 4. The lowest BCUT2D eigenvalue weighted by Crippen LogP contribution is -2.55. The number of likely N-dealkylation sites (tertiary alicyclic amines) is 1. The van der Waals surface area contributed by atoms with Crippen molar-refractivity contribution in [1.29, 1.82) is 5.26 Å². The standard InChI is InChI=1S/C25H19N5O3/c26-13-15-8-10-17(11-9-15)27-24(32)28-14-18-12-21(28)22-23(31)30(25(33)29(18)22)20-7-3-5-16-4-1-2-6-19(16)20/h1-11,18,21-22H,12,14H2,(H,27,32)/t18?,21?,22-/m1/s1. The van der Waals surface area contributed by atoms with E-state index >= 15 is 0 Å². The van der Waals surface area contributed by atoms with Gasteiger partial charge in [0.05, 0.1) is 29.4 Å². The van der Waals surface area contributed by atoms with Gasteiger partial charge in [0, 0.05) is 17.6 Å². The summed E-state index contributed by atoms with van der Waals surface area (Å²) in [6.07, 6.45) is 0.590. The lowest BCUT2D eigenvalue weighted by molar-refractivity contribution is -0.120. The lowest BCUT2D eigenvalue weighted by atomic mass is 10.1. The van der Waals surface area contributed by atoms with Crippen LogP contribution in [0.2, 0.25) is 0 Å². The van der Waals surface area contributed by atoms with Crippen LogP contribution >= 0.6 is 0 Å². The first-order valence-electron chi connectivity index (χ1n) is 10.8. The van der Waals surface area contributed by atoms with Crippen LogP contribution in [0.25, 0.3) is 10.8 Å². The summed E-state index contributed by atoms with van der Waals surface area (Å²) >= 11 is 0. The molecule has 162 valence electrons. The van der Waals surface area contributed by atoms with Crippen LogP contribution < -0.4 is 10.2 Å². The molecule has 8 heteroatoms. The molecule has 3 saturated heterocycles. The molecule has 0 aromatic heterocycles. The number of hydrogen-bond donors (Lipinski definition) is 1. The van der Waals surface area contributed by atoms with E-state index in [4.69, 9.17) is 5.26 Å². The topological polar surface area (TPSA) is 96.7 Å². The van der Waals surface area contributed by atoms with Gasteiger partial charge in [-0.05, 0) is 42.1 Å². The molecule has 3 aliphatic heterocycles. The second kappa shape index (κ2) is 7.07. The summed E-state index contributed by atoms with van der Waals surface area (Å²) in [5.41, 5.74) is 1.66. The van der Waals surface area contributed by atoms with E-state index in [1.165, 1.54) is 4.90 Å². The number of carbonyl (C=O) groups is 3. The Hall–Kier alpha value is -4.38. The zero-order valence-corrected chi connectivity index (χ0v) is 17.5. The summed E-state index contributed by atoms with van der Waals surface area (Å²) < 4.78 is 0. The monoisotopic (exact) mass is 437 g/mol. The predicted molar refractivity (Wildman–Crippen MR) is 122 cm³/mol. The number of benzene rings is 3. The van der Waals surface area contributed by atoms with E-state index in [1.54, 1.807) is 40.1 Å². The van der Waals surface area contributed by atoms with Gasteiger partial charge >= 0.3 is 12.1 Å². The van der Waals surface area contributed by atoms with Gasteiger partial charge in [0.15, 0.2) is 0 Å². The number of piperazine rings is 1. The molecule has 0 spiro atoms. The zero-order valence-electron chi connectivity index (χ0n) is 17.5. The largest absolute Gasteiger partial charge is 0.332 e. The fraction of sp³-hybridized carbons (Fsp3) is 0.200. The molecule has 3 heterocycles. The van der Waals surface area contributed by atoms with E-state index in [1.807, 2.05) is 42.5 Å². The molecule has 2 bridgehead atoms. The Morgan fingerprint density at radius 3 is 2.55 bits per heavy atom. The Labute approximate surface area is 189 Å². The van der Waals surface area contributed by atoms with Crippen molar-refractivity contribution in [1.82, 2.24) is 9.80 Å². The van der Waals surface area contributed by atoms with Crippen LogP contribution in [0.1, 0.15) is 12.0 Å². The van der Waals surface area contributed by atoms with E-state index in [0.717, 1.165) is 10.8 Å². The SMILES string of the molecule is N#Cc1ccc(NC(=O)N2CC3CC2[C@@H]2C(=O)N(c4cccc5ccccc45)C(=O)N32)cc1. The number of amides is 5. The summed E-state index contributed by atoms with van der Waals surface area (Å²) in [6.45, 7) is 0.381. The fourth-order valence-corrected chi connectivity index (χ4v) is 5.34. The molecule has 3 atom stereocenters. The van der Waals surface area contributed by atoms with Gasteiger partial charge in [0.1, 0.15) is 6.04 Å². The molecule has 5 amide bonds. The third-order valence-electron chi connectivity index (χ3n) is 6.80. The number of anilines is 2. The highest BCUT2D eigenvalue weighted by Crippen LogP contribution is 2.43. The number of nitriles is 1. The Morgan fingerprint density at radius 1 is 1.00 bits per heavy atom. The minimum atomic E-state index is -0.679. The smallest absolute Gasteiger partial charge is 0.317 e. The lowest BCUT2D eigenvalue weighted by Gasteiger charge is -2.34. The van der Waals surface area contributed by atoms with E-state index in [0.29, 0.717) is 29.9 Å². The Morgan fingerprint density at radius 2 is 1.76 bits per heavy atom. The van der Waals surface area contributed by atoms with Gasteiger partial charge in [-0.25, -0.2) is 14.5 Å². The van der Waals surface area contributed by atoms with Gasteiger partial charge in [-0.2, -0.15) is 5.26 Å². The molecule has 6 rings (SSSR count). The van der Waals surface area contributed by atoms with Gasteiger partial charge in [-0.15, -0.1) is 0 Å². The summed E-state index contributed by atoms with van der Waals surface area (Å²) in [5.74, 6) is -0.292. The molecule has 0 radical (unpaired) electrons. The van der Waals surface area contributed by atoms with Crippen molar-refractivity contribution in [3.63, 3.8) is 0 Å². The van der Waals surface area contributed by atoms with E-state index < -0.39 is 6.04 Å². The first-order chi connectivity index (χ1) is 16.1. The van der Waals surface area contributed by atoms with Crippen LogP contribution in [0.5, 0.6) is 0 Å². The third kappa shape index (κ3) is 2.79. The van der Waals surface area contributed by atoms with Crippen LogP contribution in [0.4, 0.5) is 21.0 Å². The minimum Gasteiger partial charge on any atom is -0.317 e. The molecular weight excluding hydrogens is 418 g/mol. The molecule has 3 fully saturated rings. The highest BCUT2D eigenvalue weighted by molar-refractivity contribution is 6.25. The number of carbonyl (C=O) groups excluding carboxylic acids is 3. The highest BCUT2D eigenvalue weighted by Gasteiger charge is 2.63. The van der Waals surface area contributed by atoms with Crippen molar-refractivity contribution in [2.45, 2.75) is 24.5 Å². The van der Waals surface area contributed by atoms with Crippen LogP contribution in [-0.4, -0.2) is 52.4 Å². The van der Waals surface area contributed by atoms with Gasteiger partial charge < -0.3 is 15.1 Å². The Kier molecular flexibility index (Phi) is 4.14. The number of imide groups is 1. The average molecular weight is 437 g/mol. The molecule has 33 heavy (non-hydrogen) atoms. The summed E-state index contributed by atoms with van der Waals surface area (Å²) in [5, 5.41) is 13.6. The van der Waals surface area contributed by atoms with Crippen LogP contribution in [-0.2, 0) is 4.79 Å². The minimum absolute atomic E-state index is 0.192. The van der Waals surface area contributed by atoms with Crippen molar-refractivity contribution < 1.29 is 14.4 Å². The summed E-state index contributed by atoms with van der Waals surface area (Å²) in [4.78, 5) is 44.4. The van der Waals surface area contributed by atoms with Gasteiger partial charge in [-0.3, -0.25) is 4.79 Å². The van der Waals surface area contributed by atoms with Crippen molar-refractivity contribution in [3.05, 3.63) is 72.3 Å². The van der Waals surface area contributed by atoms with Crippen LogP contribution in [0.15, 0.2) is 66.7 Å². The normalized spacial score (nSPS) is 23.2. The van der Waals surface area contributed by atoms with Crippen molar-refractivity contribution in [3.8, 4) is 6.07 Å². The van der Waals surface area contributed by atoms with Crippen molar-refractivity contribution in [2.24, 2.45) is 0 Å².